The molecule has 0 fully saturated rings. The van der Waals surface area contributed by atoms with Crippen LogP contribution in [0.15, 0.2) is 5.38 Å². The lowest BCUT2D eigenvalue weighted by Gasteiger charge is -2.02. The third kappa shape index (κ3) is 1.59. The fourth-order valence-electron chi connectivity index (χ4n) is 0.525. The maximum Gasteiger partial charge on any atom is 0.418 e. The van der Waals surface area contributed by atoms with Crippen molar-refractivity contribution in [2.75, 3.05) is 0 Å². The predicted octanol–water partition coefficient (Wildman–Crippen LogP) is 3.13. The summed E-state index contributed by atoms with van der Waals surface area (Å²) in [5.41, 5.74) is -0.985. The molecule has 1 N–H and O–H groups in total. The first-order chi connectivity index (χ1) is 4.93. The molecule has 0 aliphatic heterocycles. The summed E-state index contributed by atoms with van der Waals surface area (Å²) in [6, 6.07) is 0. The van der Waals surface area contributed by atoms with Crippen molar-refractivity contribution in [1.29, 1.82) is 0 Å². The maximum atomic E-state index is 11.9. The minimum absolute atomic E-state index is 0.501. The SMILES string of the molecule is Oc1scc(C(F)(F)F)c1Cl. The smallest absolute Gasteiger partial charge is 0.418 e. The van der Waals surface area contributed by atoms with Crippen molar-refractivity contribution in [2.45, 2.75) is 6.18 Å². The molecule has 6 heteroatoms. The van der Waals surface area contributed by atoms with Crippen molar-refractivity contribution in [3.63, 3.8) is 0 Å². The zero-order valence-electron chi connectivity index (χ0n) is 4.94. The molecule has 62 valence electrons. The summed E-state index contributed by atoms with van der Waals surface area (Å²) < 4.78 is 35.6. The molecule has 0 amide bonds. The van der Waals surface area contributed by atoms with Gasteiger partial charge in [0, 0.05) is 5.38 Å². The first-order valence-corrected chi connectivity index (χ1v) is 3.72. The zero-order chi connectivity index (χ0) is 8.65. The van der Waals surface area contributed by atoms with Crippen molar-refractivity contribution in [1.82, 2.24) is 0 Å². The third-order valence-electron chi connectivity index (χ3n) is 1.02. The minimum Gasteiger partial charge on any atom is -0.498 e. The second-order valence-corrected chi connectivity index (χ2v) is 3.00. The van der Waals surface area contributed by atoms with Gasteiger partial charge in [-0.1, -0.05) is 11.6 Å². The van der Waals surface area contributed by atoms with Crippen molar-refractivity contribution in [2.24, 2.45) is 0 Å². The van der Waals surface area contributed by atoms with E-state index in [1.54, 1.807) is 0 Å². The van der Waals surface area contributed by atoms with E-state index in [1.165, 1.54) is 0 Å². The van der Waals surface area contributed by atoms with Gasteiger partial charge < -0.3 is 5.11 Å². The molecule has 0 atom stereocenters. The van der Waals surface area contributed by atoms with E-state index < -0.39 is 21.8 Å². The monoisotopic (exact) mass is 202 g/mol. The van der Waals surface area contributed by atoms with Gasteiger partial charge in [-0.15, -0.1) is 11.3 Å². The van der Waals surface area contributed by atoms with E-state index in [-0.39, 0.29) is 0 Å². The molecule has 11 heavy (non-hydrogen) atoms. The van der Waals surface area contributed by atoms with Crippen molar-refractivity contribution in [3.8, 4) is 5.06 Å². The lowest BCUT2D eigenvalue weighted by atomic mass is 10.3. The first-order valence-electron chi connectivity index (χ1n) is 2.46. The summed E-state index contributed by atoms with van der Waals surface area (Å²) in [4.78, 5) is 0. The molecule has 1 nitrogen and oxygen atoms in total. The average molecular weight is 203 g/mol. The number of halogens is 4. The fraction of sp³-hybridized carbons (Fsp3) is 0.200. The van der Waals surface area contributed by atoms with Crippen LogP contribution in [0.25, 0.3) is 0 Å². The molecule has 0 bridgehead atoms. The number of hydrogen-bond donors (Lipinski definition) is 1. The van der Waals surface area contributed by atoms with Gasteiger partial charge in [-0.2, -0.15) is 13.2 Å². The Kier molecular flexibility index (Phi) is 2.02. The van der Waals surface area contributed by atoms with Crippen LogP contribution in [0.3, 0.4) is 0 Å². The van der Waals surface area contributed by atoms with Crippen molar-refractivity contribution >= 4 is 22.9 Å². The highest BCUT2D eigenvalue weighted by Crippen LogP contribution is 2.42. The van der Waals surface area contributed by atoms with Crippen LogP contribution in [0, 0.1) is 0 Å². The van der Waals surface area contributed by atoms with Gasteiger partial charge in [-0.3, -0.25) is 0 Å². The third-order valence-corrected chi connectivity index (χ3v) is 2.29. The Balaban J connectivity index is 3.15. The molecule has 1 heterocycles. The van der Waals surface area contributed by atoms with Gasteiger partial charge in [0.05, 0.1) is 5.56 Å². The van der Waals surface area contributed by atoms with Crippen LogP contribution in [-0.4, -0.2) is 5.11 Å². The fourth-order valence-corrected chi connectivity index (χ4v) is 1.58. The van der Waals surface area contributed by atoms with E-state index in [4.69, 9.17) is 16.7 Å². The van der Waals surface area contributed by atoms with Gasteiger partial charge in [0.1, 0.15) is 5.02 Å². The van der Waals surface area contributed by atoms with Crippen molar-refractivity contribution in [3.05, 3.63) is 16.0 Å². The number of hydrogen-bond acceptors (Lipinski definition) is 2. The van der Waals surface area contributed by atoms with Gasteiger partial charge in [0.15, 0.2) is 5.06 Å². The van der Waals surface area contributed by atoms with Crippen LogP contribution >= 0.6 is 22.9 Å². The Labute approximate surface area is 69.0 Å². The topological polar surface area (TPSA) is 20.2 Å². The standard InChI is InChI=1S/C5H2ClF3OS/c6-3-2(5(7,8)9)1-11-4(3)10/h1,10H. The Bertz CT molecular complexity index is 267. The van der Waals surface area contributed by atoms with Crippen LogP contribution in [0.2, 0.25) is 5.02 Å². The highest BCUT2D eigenvalue weighted by Gasteiger charge is 2.35. The molecule has 0 spiro atoms. The zero-order valence-corrected chi connectivity index (χ0v) is 6.52. The van der Waals surface area contributed by atoms with Gasteiger partial charge in [-0.25, -0.2) is 0 Å². The van der Waals surface area contributed by atoms with E-state index in [1.807, 2.05) is 0 Å². The molecule has 0 aromatic carbocycles. The minimum atomic E-state index is -4.48. The lowest BCUT2D eigenvalue weighted by molar-refractivity contribution is -0.137. The van der Waals surface area contributed by atoms with Crippen molar-refractivity contribution < 1.29 is 18.3 Å². The summed E-state index contributed by atoms with van der Waals surface area (Å²) in [5, 5.41) is 8.34. The number of thiophene rings is 1. The molecule has 1 rings (SSSR count). The number of alkyl halides is 3. The summed E-state index contributed by atoms with van der Waals surface area (Å²) in [5.74, 6) is 0. The quantitative estimate of drug-likeness (QED) is 0.685. The Hall–Kier alpha value is -0.420. The van der Waals surface area contributed by atoms with Gasteiger partial charge >= 0.3 is 6.18 Å². The number of rotatable bonds is 0. The van der Waals surface area contributed by atoms with E-state index >= 15 is 0 Å². The second kappa shape index (κ2) is 2.57. The van der Waals surface area contributed by atoms with Crippen LogP contribution in [-0.2, 0) is 6.18 Å². The molecule has 0 radical (unpaired) electrons. The molecule has 1 aromatic heterocycles. The van der Waals surface area contributed by atoms with Crippen LogP contribution < -0.4 is 0 Å². The molecular weight excluding hydrogens is 201 g/mol. The Morgan fingerprint density at radius 1 is 1.45 bits per heavy atom. The molecular formula is C5H2ClF3OS. The summed E-state index contributed by atoms with van der Waals surface area (Å²) >= 11 is 5.70. The van der Waals surface area contributed by atoms with Gasteiger partial charge in [0.2, 0.25) is 0 Å². The molecule has 0 aliphatic rings. The van der Waals surface area contributed by atoms with E-state index in [0.717, 1.165) is 5.38 Å². The van der Waals surface area contributed by atoms with E-state index in [2.05, 4.69) is 0 Å². The molecule has 0 aliphatic carbocycles. The first kappa shape index (κ1) is 8.67. The summed E-state index contributed by atoms with van der Waals surface area (Å²) in [6.07, 6.45) is -4.48. The number of aromatic hydroxyl groups is 1. The Morgan fingerprint density at radius 2 is 2.00 bits per heavy atom. The van der Waals surface area contributed by atoms with Crippen LogP contribution in [0.4, 0.5) is 13.2 Å². The Morgan fingerprint density at radius 3 is 2.18 bits per heavy atom. The molecule has 0 unspecified atom stereocenters. The molecule has 0 saturated carbocycles. The second-order valence-electron chi connectivity index (χ2n) is 1.77. The highest BCUT2D eigenvalue weighted by molar-refractivity contribution is 7.12. The average Bonchev–Trinajstić information content (AvgIpc) is 2.11. The summed E-state index contributed by atoms with van der Waals surface area (Å²) in [7, 11) is 0. The van der Waals surface area contributed by atoms with Gasteiger partial charge in [-0.05, 0) is 0 Å². The lowest BCUT2D eigenvalue weighted by Crippen LogP contribution is -2.02. The summed E-state index contributed by atoms with van der Waals surface area (Å²) in [6.45, 7) is 0. The van der Waals surface area contributed by atoms with Gasteiger partial charge in [0.25, 0.3) is 0 Å². The van der Waals surface area contributed by atoms with E-state index in [0.29, 0.717) is 11.3 Å². The predicted molar refractivity (Wildman–Crippen MR) is 36.0 cm³/mol. The van der Waals surface area contributed by atoms with Crippen LogP contribution in [0.5, 0.6) is 5.06 Å². The maximum absolute atomic E-state index is 11.9. The van der Waals surface area contributed by atoms with Crippen LogP contribution in [0.1, 0.15) is 5.56 Å². The largest absolute Gasteiger partial charge is 0.498 e. The molecule has 1 aromatic rings. The van der Waals surface area contributed by atoms with E-state index in [9.17, 15) is 13.2 Å². The highest BCUT2D eigenvalue weighted by atomic mass is 35.5. The molecule has 0 saturated heterocycles. The normalized spacial score (nSPS) is 12.0.